The number of carbonyl (C=O) groups is 2. The normalized spacial score (nSPS) is 14.8. The van der Waals surface area contributed by atoms with Crippen LogP contribution in [-0.4, -0.2) is 69.8 Å². The number of hydrogen-bond acceptors (Lipinski definition) is 6. The van der Waals surface area contributed by atoms with E-state index in [4.69, 9.17) is 4.74 Å². The molecule has 46 heavy (non-hydrogen) atoms. The predicted octanol–water partition coefficient (Wildman–Crippen LogP) is 7.29. The molecular weight excluding hydrogens is 621 g/mol. The van der Waals surface area contributed by atoms with E-state index in [2.05, 4.69) is 20.3 Å². The maximum Gasteiger partial charge on any atom is 0.573 e. The van der Waals surface area contributed by atoms with E-state index >= 15 is 0 Å². The first-order valence-electron chi connectivity index (χ1n) is 14.9. The molecule has 0 bridgehead atoms. The molecule has 2 amide bonds. The van der Waals surface area contributed by atoms with Crippen LogP contribution in [0.1, 0.15) is 50.5 Å². The number of carbonyl (C=O) groups excluding carboxylic acids is 2. The summed E-state index contributed by atoms with van der Waals surface area (Å²) in [5, 5.41) is 5.34. The maximum atomic E-state index is 13.1. The summed E-state index contributed by atoms with van der Waals surface area (Å²) < 4.78 is 62.4. The fourth-order valence-corrected chi connectivity index (χ4v) is 5.25. The van der Waals surface area contributed by atoms with Crippen molar-refractivity contribution >= 4 is 34.4 Å². The number of ether oxygens (including phenoxy) is 2. The second-order valence-electron chi connectivity index (χ2n) is 11.2. The lowest BCUT2D eigenvalue weighted by Gasteiger charge is -2.33. The van der Waals surface area contributed by atoms with Gasteiger partial charge in [-0.1, -0.05) is 38.1 Å². The van der Waals surface area contributed by atoms with Gasteiger partial charge in [0.25, 0.3) is 5.91 Å². The number of halogens is 3. The van der Waals surface area contributed by atoms with E-state index in [1.807, 2.05) is 42.4 Å². The number of benzene rings is 3. The highest BCUT2D eigenvalue weighted by Gasteiger charge is 2.32. The lowest BCUT2D eigenvalue weighted by molar-refractivity contribution is -0.274. The molecule has 1 aliphatic heterocycles. The molecule has 1 saturated heterocycles. The molecule has 3 aromatic rings. The Hall–Kier alpha value is -3.94. The van der Waals surface area contributed by atoms with Crippen LogP contribution in [0.5, 0.6) is 5.75 Å². The van der Waals surface area contributed by atoms with Crippen LogP contribution in [0.25, 0.3) is 11.1 Å². The minimum atomic E-state index is -4.93. The molecular formula is C33H41F3N4O5S. The summed E-state index contributed by atoms with van der Waals surface area (Å²) in [4.78, 5) is 27.4. The van der Waals surface area contributed by atoms with Crippen molar-refractivity contribution < 1.29 is 36.4 Å². The van der Waals surface area contributed by atoms with Gasteiger partial charge in [0.1, 0.15) is 11.4 Å². The highest BCUT2D eigenvalue weighted by molar-refractivity contribution is 7.81. The average Bonchev–Trinajstić information content (AvgIpc) is 2.98. The first-order valence-corrected chi connectivity index (χ1v) is 16.4. The summed E-state index contributed by atoms with van der Waals surface area (Å²) in [7, 11) is -0.959. The third-order valence-corrected chi connectivity index (χ3v) is 7.71. The SMILES string of the molecule is CC.CS(=O)N1CCN(Cc2ccc(NC(=O)c3ccc(-c4cc(NC(=O)OC(C)(C)C)ccc4OC(F)(F)F)cc3)cc2)CC1. The Balaban J connectivity index is 0.00000282. The van der Waals surface area contributed by atoms with Crippen molar-refractivity contribution in [1.29, 1.82) is 0 Å². The molecule has 1 unspecified atom stereocenters. The lowest BCUT2D eigenvalue weighted by atomic mass is 10.0. The molecule has 4 rings (SSSR count). The van der Waals surface area contributed by atoms with Gasteiger partial charge in [-0.25, -0.2) is 13.3 Å². The Kier molecular flexibility index (Phi) is 12.8. The summed E-state index contributed by atoms with van der Waals surface area (Å²) in [5.41, 5.74) is 1.81. The van der Waals surface area contributed by atoms with E-state index in [1.165, 1.54) is 36.4 Å². The molecule has 3 aromatic carbocycles. The van der Waals surface area contributed by atoms with Crippen LogP contribution in [-0.2, 0) is 22.3 Å². The number of nitrogens with one attached hydrogen (secondary N) is 2. The van der Waals surface area contributed by atoms with Crippen LogP contribution >= 0.6 is 0 Å². The Labute approximate surface area is 270 Å². The minimum Gasteiger partial charge on any atom is -0.444 e. The summed E-state index contributed by atoms with van der Waals surface area (Å²) >= 11 is 0. The van der Waals surface area contributed by atoms with Gasteiger partial charge in [0.15, 0.2) is 0 Å². The van der Waals surface area contributed by atoms with Crippen molar-refractivity contribution in [2.75, 3.05) is 43.1 Å². The number of rotatable bonds is 8. The van der Waals surface area contributed by atoms with Crippen LogP contribution in [0, 0.1) is 0 Å². The van der Waals surface area contributed by atoms with E-state index in [-0.39, 0.29) is 17.2 Å². The molecule has 13 heteroatoms. The van der Waals surface area contributed by atoms with Crippen LogP contribution in [0.15, 0.2) is 66.7 Å². The van der Waals surface area contributed by atoms with Gasteiger partial charge in [-0.05, 0) is 74.4 Å². The van der Waals surface area contributed by atoms with E-state index in [1.54, 1.807) is 27.0 Å². The fourth-order valence-electron chi connectivity index (χ4n) is 4.57. The number of anilines is 2. The molecule has 1 atom stereocenters. The van der Waals surface area contributed by atoms with Crippen molar-refractivity contribution in [3.8, 4) is 16.9 Å². The molecule has 0 radical (unpaired) electrons. The number of piperazine rings is 1. The molecule has 0 aromatic heterocycles. The Morgan fingerprint density at radius 3 is 1.98 bits per heavy atom. The highest BCUT2D eigenvalue weighted by Crippen LogP contribution is 2.36. The fraction of sp³-hybridized carbons (Fsp3) is 0.394. The Bertz CT molecular complexity index is 1490. The molecule has 0 aliphatic carbocycles. The standard InChI is InChI=1S/C31H35F3N4O5S.C2H6/c1-30(2,3)43-29(40)36-25-13-14-27(42-31(32,33)34)26(19-25)22-7-9-23(10-8-22)28(39)35-24-11-5-21(6-12-24)20-37-15-17-38(18-16-37)44(4)41;1-2/h5-14,19H,15-18,20H2,1-4H3,(H,35,39)(H,36,40);1-2H3. The number of amides is 2. The number of nitrogens with zero attached hydrogens (tertiary/aromatic N) is 2. The molecule has 9 nitrogen and oxygen atoms in total. The van der Waals surface area contributed by atoms with Crippen molar-refractivity contribution in [2.45, 2.75) is 53.1 Å². The number of hydrogen-bond donors (Lipinski definition) is 2. The Morgan fingerprint density at radius 1 is 0.848 bits per heavy atom. The third kappa shape index (κ3) is 11.5. The maximum absolute atomic E-state index is 13.1. The zero-order chi connectivity index (χ0) is 34.1. The molecule has 1 aliphatic rings. The van der Waals surface area contributed by atoms with Crippen molar-refractivity contribution in [3.05, 3.63) is 77.9 Å². The first kappa shape index (κ1) is 36.5. The van der Waals surface area contributed by atoms with Gasteiger partial charge in [-0.15, -0.1) is 13.2 Å². The smallest absolute Gasteiger partial charge is 0.444 e. The quantitative estimate of drug-likeness (QED) is 0.263. The van der Waals surface area contributed by atoms with Gasteiger partial charge in [0, 0.05) is 61.5 Å². The van der Waals surface area contributed by atoms with Crippen LogP contribution in [0.4, 0.5) is 29.3 Å². The summed E-state index contributed by atoms with van der Waals surface area (Å²) in [5.74, 6) is -0.855. The second-order valence-corrected chi connectivity index (χ2v) is 12.6. The molecule has 0 spiro atoms. The minimum absolute atomic E-state index is 0.0581. The van der Waals surface area contributed by atoms with Crippen molar-refractivity contribution in [3.63, 3.8) is 0 Å². The Morgan fingerprint density at radius 2 is 1.43 bits per heavy atom. The zero-order valence-electron chi connectivity index (χ0n) is 26.9. The third-order valence-electron chi connectivity index (χ3n) is 6.62. The summed E-state index contributed by atoms with van der Waals surface area (Å²) in [6.07, 6.45) is -4.01. The van der Waals surface area contributed by atoms with Gasteiger partial charge in [0.2, 0.25) is 0 Å². The van der Waals surface area contributed by atoms with Gasteiger partial charge in [0.05, 0.1) is 11.0 Å². The van der Waals surface area contributed by atoms with Gasteiger partial charge >= 0.3 is 12.5 Å². The molecule has 250 valence electrons. The lowest BCUT2D eigenvalue weighted by Crippen LogP contribution is -2.46. The van der Waals surface area contributed by atoms with E-state index in [0.717, 1.165) is 44.4 Å². The monoisotopic (exact) mass is 662 g/mol. The van der Waals surface area contributed by atoms with E-state index in [0.29, 0.717) is 16.8 Å². The zero-order valence-corrected chi connectivity index (χ0v) is 27.7. The molecule has 2 N–H and O–H groups in total. The molecule has 0 saturated carbocycles. The first-order chi connectivity index (χ1) is 21.6. The predicted molar refractivity (Wildman–Crippen MR) is 175 cm³/mol. The van der Waals surface area contributed by atoms with Crippen LogP contribution < -0.4 is 15.4 Å². The van der Waals surface area contributed by atoms with Crippen molar-refractivity contribution in [2.24, 2.45) is 0 Å². The summed E-state index contributed by atoms with van der Waals surface area (Å²) in [6, 6.07) is 17.2. The second kappa shape index (κ2) is 16.1. The van der Waals surface area contributed by atoms with E-state index in [9.17, 15) is 27.0 Å². The summed E-state index contributed by atoms with van der Waals surface area (Å²) in [6.45, 7) is 13.0. The van der Waals surface area contributed by atoms with Crippen LogP contribution in [0.2, 0.25) is 0 Å². The highest BCUT2D eigenvalue weighted by atomic mass is 32.2. The average molecular weight is 663 g/mol. The van der Waals surface area contributed by atoms with Crippen molar-refractivity contribution in [1.82, 2.24) is 9.21 Å². The number of alkyl halides is 3. The van der Waals surface area contributed by atoms with Crippen LogP contribution in [0.3, 0.4) is 0 Å². The van der Waals surface area contributed by atoms with Gasteiger partial charge in [-0.2, -0.15) is 0 Å². The largest absolute Gasteiger partial charge is 0.573 e. The van der Waals surface area contributed by atoms with Gasteiger partial charge < -0.3 is 14.8 Å². The molecule has 1 heterocycles. The molecule has 1 fully saturated rings. The van der Waals surface area contributed by atoms with Gasteiger partial charge in [-0.3, -0.25) is 15.0 Å². The van der Waals surface area contributed by atoms with E-state index < -0.39 is 34.8 Å². The topological polar surface area (TPSA) is 100 Å².